The monoisotopic (exact) mass is 572 g/mol. The van der Waals surface area contributed by atoms with Gasteiger partial charge in [-0.1, -0.05) is 66.7 Å². The van der Waals surface area contributed by atoms with Crippen molar-refractivity contribution in [2.75, 3.05) is 36.4 Å². The first-order chi connectivity index (χ1) is 20.1. The normalized spacial score (nSPS) is 14.0. The molecule has 4 rings (SSSR count). The van der Waals surface area contributed by atoms with Crippen LogP contribution >= 0.6 is 0 Å². The van der Waals surface area contributed by atoms with Crippen molar-refractivity contribution >= 4 is 35.8 Å². The fourth-order valence-electron chi connectivity index (χ4n) is 4.54. The number of aldehydes is 1. The van der Waals surface area contributed by atoms with Crippen LogP contribution in [-0.2, 0) is 20.9 Å². The van der Waals surface area contributed by atoms with Crippen LogP contribution in [0, 0.1) is 0 Å². The van der Waals surface area contributed by atoms with E-state index in [1.54, 1.807) is 41.3 Å². The summed E-state index contributed by atoms with van der Waals surface area (Å²) in [5.41, 5.74) is 2.00. The molecule has 3 amide bonds. The van der Waals surface area contributed by atoms with E-state index >= 15 is 0 Å². The van der Waals surface area contributed by atoms with E-state index in [1.807, 2.05) is 68.1 Å². The molecule has 1 atom stereocenters. The SMILES string of the molecule is CC(C)(C)OC(=O)N1CCN(c2cccc(C=O)c2NC(=O)[C@@H](NC(=O)OCc2ccccc2)c2ccccc2)CC1. The summed E-state index contributed by atoms with van der Waals surface area (Å²) in [6.45, 7) is 7.27. The van der Waals surface area contributed by atoms with E-state index in [0.29, 0.717) is 49.4 Å². The summed E-state index contributed by atoms with van der Waals surface area (Å²) in [5.74, 6) is -0.541. The molecule has 1 aliphatic heterocycles. The molecule has 1 saturated heterocycles. The van der Waals surface area contributed by atoms with Gasteiger partial charge in [-0.25, -0.2) is 9.59 Å². The van der Waals surface area contributed by atoms with Crippen LogP contribution in [0.4, 0.5) is 21.0 Å². The third kappa shape index (κ3) is 8.09. The fourth-order valence-corrected chi connectivity index (χ4v) is 4.54. The fraction of sp³-hybridized carbons (Fsp3) is 0.312. The average molecular weight is 573 g/mol. The van der Waals surface area contributed by atoms with Crippen molar-refractivity contribution in [3.8, 4) is 0 Å². The van der Waals surface area contributed by atoms with Crippen LogP contribution < -0.4 is 15.5 Å². The Balaban J connectivity index is 1.50. The average Bonchev–Trinajstić information content (AvgIpc) is 2.99. The molecule has 0 aliphatic carbocycles. The second-order valence-electron chi connectivity index (χ2n) is 10.9. The zero-order chi connectivity index (χ0) is 30.1. The molecule has 0 aromatic heterocycles. The maximum absolute atomic E-state index is 13.7. The van der Waals surface area contributed by atoms with Crippen LogP contribution in [0.2, 0.25) is 0 Å². The number of carbonyl (C=O) groups is 4. The molecule has 2 N–H and O–H groups in total. The van der Waals surface area contributed by atoms with E-state index < -0.39 is 23.6 Å². The highest BCUT2D eigenvalue weighted by atomic mass is 16.6. The number of hydrogen-bond acceptors (Lipinski definition) is 7. The number of anilines is 2. The maximum Gasteiger partial charge on any atom is 0.410 e. The number of nitrogens with one attached hydrogen (secondary N) is 2. The molecule has 0 saturated carbocycles. The molecule has 1 heterocycles. The van der Waals surface area contributed by atoms with Gasteiger partial charge in [0.1, 0.15) is 18.2 Å². The number of carbonyl (C=O) groups excluding carboxylic acids is 4. The van der Waals surface area contributed by atoms with Crippen LogP contribution in [0.1, 0.15) is 48.3 Å². The second-order valence-corrected chi connectivity index (χ2v) is 10.9. The van der Waals surface area contributed by atoms with Gasteiger partial charge in [-0.2, -0.15) is 0 Å². The molecule has 1 aliphatic rings. The Bertz CT molecular complexity index is 1380. The van der Waals surface area contributed by atoms with Gasteiger partial charge in [0.2, 0.25) is 0 Å². The van der Waals surface area contributed by atoms with Crippen molar-refractivity contribution in [2.24, 2.45) is 0 Å². The zero-order valence-corrected chi connectivity index (χ0v) is 24.0. The summed E-state index contributed by atoms with van der Waals surface area (Å²) in [6, 6.07) is 22.1. The number of ether oxygens (including phenoxy) is 2. The van der Waals surface area contributed by atoms with E-state index in [-0.39, 0.29) is 18.3 Å². The Morgan fingerprint density at radius 2 is 1.52 bits per heavy atom. The number of alkyl carbamates (subject to hydrolysis) is 1. The van der Waals surface area contributed by atoms with E-state index in [0.717, 1.165) is 5.56 Å². The van der Waals surface area contributed by atoms with E-state index in [9.17, 15) is 19.2 Å². The number of amides is 3. The molecule has 10 heteroatoms. The van der Waals surface area contributed by atoms with Crippen LogP contribution in [0.5, 0.6) is 0 Å². The van der Waals surface area contributed by atoms with E-state index in [4.69, 9.17) is 9.47 Å². The standard InChI is InChI=1S/C32H36N4O6/c1-32(2,3)42-31(40)36-19-17-35(18-20-36)26-16-10-15-25(21-37)27(26)33-29(38)28(24-13-8-5-9-14-24)34-30(39)41-22-23-11-6-4-7-12-23/h4-16,21,28H,17-20,22H2,1-3H3,(H,33,38)(H,34,39)/t28-/m0/s1. The third-order valence-corrected chi connectivity index (χ3v) is 6.59. The molecule has 0 unspecified atom stereocenters. The van der Waals surface area contributed by atoms with Gasteiger partial charge in [-0.3, -0.25) is 9.59 Å². The molecule has 220 valence electrons. The van der Waals surface area contributed by atoms with Crippen molar-refractivity contribution in [1.29, 1.82) is 0 Å². The molecule has 3 aromatic carbocycles. The lowest BCUT2D eigenvalue weighted by Crippen LogP contribution is -2.50. The van der Waals surface area contributed by atoms with Crippen molar-refractivity contribution in [3.05, 3.63) is 95.6 Å². The summed E-state index contributed by atoms with van der Waals surface area (Å²) >= 11 is 0. The van der Waals surface area contributed by atoms with E-state index in [1.165, 1.54) is 0 Å². The molecular formula is C32H36N4O6. The lowest BCUT2D eigenvalue weighted by Gasteiger charge is -2.37. The maximum atomic E-state index is 13.7. The number of hydrogen-bond donors (Lipinski definition) is 2. The molecule has 0 radical (unpaired) electrons. The van der Waals surface area contributed by atoms with Crippen LogP contribution in [0.25, 0.3) is 0 Å². The van der Waals surface area contributed by atoms with Crippen LogP contribution in [0.3, 0.4) is 0 Å². The van der Waals surface area contributed by atoms with Gasteiger partial charge < -0.3 is 29.9 Å². The lowest BCUT2D eigenvalue weighted by atomic mass is 10.1. The Morgan fingerprint density at radius 3 is 2.14 bits per heavy atom. The molecule has 1 fully saturated rings. The van der Waals surface area contributed by atoms with E-state index in [2.05, 4.69) is 10.6 Å². The van der Waals surface area contributed by atoms with Gasteiger partial charge in [0.25, 0.3) is 5.91 Å². The Labute approximate surface area is 245 Å². The summed E-state index contributed by atoms with van der Waals surface area (Å²) < 4.78 is 10.9. The summed E-state index contributed by atoms with van der Waals surface area (Å²) in [7, 11) is 0. The first kappa shape index (κ1) is 30.1. The second kappa shape index (κ2) is 13.7. The first-order valence-electron chi connectivity index (χ1n) is 13.8. The summed E-state index contributed by atoms with van der Waals surface area (Å²) in [5, 5.41) is 5.55. The quantitative estimate of drug-likeness (QED) is 0.358. The molecule has 10 nitrogen and oxygen atoms in total. The molecule has 0 bridgehead atoms. The molecule has 3 aromatic rings. The minimum Gasteiger partial charge on any atom is -0.445 e. The van der Waals surface area contributed by atoms with Gasteiger partial charge in [-0.05, 0) is 44.0 Å². The van der Waals surface area contributed by atoms with Gasteiger partial charge in [0.05, 0.1) is 11.4 Å². The van der Waals surface area contributed by atoms with Gasteiger partial charge in [0.15, 0.2) is 6.29 Å². The van der Waals surface area contributed by atoms with Gasteiger partial charge in [0, 0.05) is 31.7 Å². The minimum atomic E-state index is -1.09. The Hall–Kier alpha value is -4.86. The van der Waals surface area contributed by atoms with Crippen molar-refractivity contribution < 1.29 is 28.7 Å². The molecule has 42 heavy (non-hydrogen) atoms. The predicted molar refractivity (Wildman–Crippen MR) is 159 cm³/mol. The Kier molecular flexibility index (Phi) is 9.80. The minimum absolute atomic E-state index is 0.0448. The molecular weight excluding hydrogens is 536 g/mol. The predicted octanol–water partition coefficient (Wildman–Crippen LogP) is 5.16. The highest BCUT2D eigenvalue weighted by Gasteiger charge is 2.29. The largest absolute Gasteiger partial charge is 0.445 e. The number of nitrogens with zero attached hydrogens (tertiary/aromatic N) is 2. The van der Waals surface area contributed by atoms with Crippen molar-refractivity contribution in [2.45, 2.75) is 39.0 Å². The van der Waals surface area contributed by atoms with Crippen LogP contribution in [0.15, 0.2) is 78.9 Å². The number of benzene rings is 3. The topological polar surface area (TPSA) is 117 Å². The molecule has 0 spiro atoms. The summed E-state index contributed by atoms with van der Waals surface area (Å²) in [4.78, 5) is 54.7. The van der Waals surface area contributed by atoms with Crippen molar-refractivity contribution in [1.82, 2.24) is 10.2 Å². The first-order valence-corrected chi connectivity index (χ1v) is 13.8. The van der Waals surface area contributed by atoms with Gasteiger partial charge in [-0.15, -0.1) is 0 Å². The number of para-hydroxylation sites is 1. The highest BCUT2D eigenvalue weighted by Crippen LogP contribution is 2.31. The zero-order valence-electron chi connectivity index (χ0n) is 24.0. The summed E-state index contributed by atoms with van der Waals surface area (Å²) in [6.07, 6.45) is -0.465. The number of rotatable bonds is 8. The smallest absolute Gasteiger partial charge is 0.410 e. The number of piperazine rings is 1. The highest BCUT2D eigenvalue weighted by molar-refractivity contribution is 6.04. The van der Waals surface area contributed by atoms with Crippen molar-refractivity contribution in [3.63, 3.8) is 0 Å². The lowest BCUT2D eigenvalue weighted by molar-refractivity contribution is -0.118. The third-order valence-electron chi connectivity index (χ3n) is 6.59. The van der Waals surface area contributed by atoms with Crippen LogP contribution in [-0.4, -0.2) is 61.1 Å². The van der Waals surface area contributed by atoms with Gasteiger partial charge >= 0.3 is 12.2 Å². The Morgan fingerprint density at radius 1 is 0.881 bits per heavy atom.